The van der Waals surface area contributed by atoms with Crippen LogP contribution in [-0.4, -0.2) is 48.8 Å². The summed E-state index contributed by atoms with van der Waals surface area (Å²) in [5.74, 6) is 0. The Labute approximate surface area is 118 Å². The highest BCUT2D eigenvalue weighted by molar-refractivity contribution is 6.01. The van der Waals surface area contributed by atoms with E-state index < -0.39 is 0 Å². The Bertz CT molecular complexity index is 364. The number of rotatable bonds is 4. The smallest absolute Gasteiger partial charge is 0.0636 e. The van der Waals surface area contributed by atoms with Crippen LogP contribution in [0.15, 0.2) is 16.2 Å². The molecule has 2 aliphatic carbocycles. The lowest BCUT2D eigenvalue weighted by molar-refractivity contribution is 0.197. The van der Waals surface area contributed by atoms with Gasteiger partial charge < -0.3 is 9.91 Å². The second-order valence-corrected chi connectivity index (χ2v) is 5.95. The molecule has 0 amide bonds. The van der Waals surface area contributed by atoms with Crippen molar-refractivity contribution in [3.63, 3.8) is 0 Å². The molecule has 108 valence electrons. The zero-order valence-corrected chi connectivity index (χ0v) is 13.1. The molecule has 0 saturated heterocycles. The number of hydrogen-bond acceptors (Lipinski definition) is 3. The highest BCUT2D eigenvalue weighted by Gasteiger charge is 2.28. The molecule has 2 aliphatic rings. The third-order valence-electron chi connectivity index (χ3n) is 4.53. The van der Waals surface area contributed by atoms with E-state index in [1.807, 2.05) is 19.1 Å². The van der Waals surface area contributed by atoms with Crippen molar-refractivity contribution in [2.75, 3.05) is 27.2 Å². The molecule has 0 radical (unpaired) electrons. The molecule has 0 aromatic carbocycles. The van der Waals surface area contributed by atoms with E-state index in [0.29, 0.717) is 0 Å². The van der Waals surface area contributed by atoms with Crippen LogP contribution in [0.3, 0.4) is 0 Å². The van der Waals surface area contributed by atoms with Crippen molar-refractivity contribution in [1.29, 1.82) is 0 Å². The fourth-order valence-electron chi connectivity index (χ4n) is 3.62. The predicted octanol–water partition coefficient (Wildman–Crippen LogP) is 3.28. The number of hydrazone groups is 1. The van der Waals surface area contributed by atoms with Crippen LogP contribution in [0.2, 0.25) is 0 Å². The first-order valence-corrected chi connectivity index (χ1v) is 7.85. The lowest BCUT2D eigenvalue weighted by Crippen LogP contribution is -2.38. The van der Waals surface area contributed by atoms with E-state index in [9.17, 15) is 0 Å². The average molecular weight is 263 g/mol. The van der Waals surface area contributed by atoms with Crippen LogP contribution in [-0.2, 0) is 0 Å². The Morgan fingerprint density at radius 3 is 2.47 bits per heavy atom. The van der Waals surface area contributed by atoms with Gasteiger partial charge in [-0.1, -0.05) is 19.4 Å². The minimum absolute atomic E-state index is 0.771. The maximum absolute atomic E-state index is 4.71. The van der Waals surface area contributed by atoms with Crippen LogP contribution in [0.1, 0.15) is 52.4 Å². The van der Waals surface area contributed by atoms with E-state index in [0.717, 1.165) is 6.04 Å². The maximum Gasteiger partial charge on any atom is 0.0636 e. The van der Waals surface area contributed by atoms with Crippen molar-refractivity contribution < 1.29 is 0 Å². The lowest BCUT2D eigenvalue weighted by Gasteiger charge is -2.37. The zero-order valence-electron chi connectivity index (χ0n) is 13.1. The van der Waals surface area contributed by atoms with Gasteiger partial charge in [-0.25, -0.2) is 0 Å². The summed E-state index contributed by atoms with van der Waals surface area (Å²) >= 11 is 0. The molecule has 0 fully saturated rings. The summed E-state index contributed by atoms with van der Waals surface area (Å²) in [6.45, 7) is 6.94. The molecule has 19 heavy (non-hydrogen) atoms. The van der Waals surface area contributed by atoms with Crippen LogP contribution in [0.25, 0.3) is 0 Å². The van der Waals surface area contributed by atoms with Crippen LogP contribution >= 0.6 is 0 Å². The predicted molar refractivity (Wildman–Crippen MR) is 82.6 cm³/mol. The second-order valence-electron chi connectivity index (χ2n) is 5.95. The fourth-order valence-corrected chi connectivity index (χ4v) is 3.62. The van der Waals surface area contributed by atoms with E-state index in [1.165, 1.54) is 57.3 Å². The Morgan fingerprint density at radius 1 is 1.11 bits per heavy atom. The fraction of sp³-hybridized carbons (Fsp3) is 0.812. The molecule has 0 aliphatic heterocycles. The SMILES string of the molecule is CCN(CC)C1CCC2=C(CCCC2=NN(C)C)C1. The highest BCUT2D eigenvalue weighted by atomic mass is 15.4. The van der Waals surface area contributed by atoms with Crippen LogP contribution < -0.4 is 0 Å². The van der Waals surface area contributed by atoms with Gasteiger partial charge in [0.05, 0.1) is 5.71 Å². The quantitative estimate of drug-likeness (QED) is 0.725. The summed E-state index contributed by atoms with van der Waals surface area (Å²) in [7, 11) is 4.06. The van der Waals surface area contributed by atoms with Crippen molar-refractivity contribution in [2.45, 2.75) is 58.4 Å². The maximum atomic E-state index is 4.71. The second kappa shape index (κ2) is 6.56. The van der Waals surface area contributed by atoms with Gasteiger partial charge in [-0.2, -0.15) is 5.10 Å². The molecule has 1 unspecified atom stereocenters. The van der Waals surface area contributed by atoms with E-state index in [4.69, 9.17) is 5.10 Å². The molecule has 0 saturated carbocycles. The van der Waals surface area contributed by atoms with Crippen molar-refractivity contribution in [3.05, 3.63) is 11.1 Å². The molecule has 0 bridgehead atoms. The van der Waals surface area contributed by atoms with Crippen molar-refractivity contribution in [2.24, 2.45) is 5.10 Å². The van der Waals surface area contributed by atoms with Crippen molar-refractivity contribution >= 4 is 5.71 Å². The van der Waals surface area contributed by atoms with Gasteiger partial charge in [0, 0.05) is 20.1 Å². The number of allylic oxidation sites excluding steroid dienone is 1. The largest absolute Gasteiger partial charge is 0.303 e. The normalized spacial score (nSPS) is 25.9. The Hall–Kier alpha value is -0.830. The van der Waals surface area contributed by atoms with E-state index in [2.05, 4.69) is 18.7 Å². The molecule has 3 nitrogen and oxygen atoms in total. The molecule has 1 atom stereocenters. The van der Waals surface area contributed by atoms with Crippen molar-refractivity contribution in [3.8, 4) is 0 Å². The molecule has 0 aromatic rings. The van der Waals surface area contributed by atoms with Gasteiger partial charge in [-0.15, -0.1) is 0 Å². The van der Waals surface area contributed by atoms with Crippen molar-refractivity contribution in [1.82, 2.24) is 9.91 Å². The first kappa shape index (κ1) is 14.6. The molecular weight excluding hydrogens is 234 g/mol. The van der Waals surface area contributed by atoms with Crippen LogP contribution in [0.5, 0.6) is 0 Å². The summed E-state index contributed by atoms with van der Waals surface area (Å²) in [4.78, 5) is 2.63. The van der Waals surface area contributed by atoms with E-state index in [1.54, 1.807) is 11.1 Å². The zero-order chi connectivity index (χ0) is 13.8. The summed E-state index contributed by atoms with van der Waals surface area (Å²) in [6, 6.07) is 0.771. The number of nitrogens with zero attached hydrogens (tertiary/aromatic N) is 3. The van der Waals surface area contributed by atoms with Crippen LogP contribution in [0.4, 0.5) is 0 Å². The minimum Gasteiger partial charge on any atom is -0.303 e. The Balaban J connectivity index is 2.15. The van der Waals surface area contributed by atoms with Gasteiger partial charge in [0.15, 0.2) is 0 Å². The summed E-state index contributed by atoms with van der Waals surface area (Å²) < 4.78 is 0. The van der Waals surface area contributed by atoms with Crippen LogP contribution in [0, 0.1) is 0 Å². The lowest BCUT2D eigenvalue weighted by atomic mass is 9.78. The third kappa shape index (κ3) is 3.38. The molecule has 2 rings (SSSR count). The van der Waals surface area contributed by atoms with Gasteiger partial charge in [-0.05, 0) is 57.2 Å². The Kier molecular flexibility index (Phi) is 5.03. The summed E-state index contributed by atoms with van der Waals surface area (Å²) in [5.41, 5.74) is 4.67. The molecule has 3 heteroatoms. The summed E-state index contributed by atoms with van der Waals surface area (Å²) in [5, 5.41) is 6.67. The highest BCUT2D eigenvalue weighted by Crippen LogP contribution is 2.36. The molecule has 0 heterocycles. The van der Waals surface area contributed by atoms with Gasteiger partial charge >= 0.3 is 0 Å². The molecule has 0 N–H and O–H groups in total. The Morgan fingerprint density at radius 2 is 1.84 bits per heavy atom. The molecule has 0 spiro atoms. The standard InChI is InChI=1S/C16H29N3/c1-5-19(6-2)14-10-11-15-13(12-14)8-7-9-16(15)17-18(3)4/h14H,5-12H2,1-4H3. The molecular formula is C16H29N3. The van der Waals surface area contributed by atoms with Gasteiger partial charge in [-0.3, -0.25) is 0 Å². The third-order valence-corrected chi connectivity index (χ3v) is 4.53. The average Bonchev–Trinajstić information content (AvgIpc) is 2.39. The monoisotopic (exact) mass is 263 g/mol. The molecule has 0 aromatic heterocycles. The number of hydrogen-bond donors (Lipinski definition) is 0. The van der Waals surface area contributed by atoms with E-state index >= 15 is 0 Å². The van der Waals surface area contributed by atoms with Gasteiger partial charge in [0.25, 0.3) is 0 Å². The topological polar surface area (TPSA) is 18.8 Å². The van der Waals surface area contributed by atoms with Gasteiger partial charge in [0.2, 0.25) is 0 Å². The minimum atomic E-state index is 0.771. The first-order valence-electron chi connectivity index (χ1n) is 7.85. The first-order chi connectivity index (χ1) is 9.15. The van der Waals surface area contributed by atoms with Gasteiger partial charge in [0.1, 0.15) is 0 Å². The summed E-state index contributed by atoms with van der Waals surface area (Å²) in [6.07, 6.45) is 7.60. The van der Waals surface area contributed by atoms with E-state index in [-0.39, 0.29) is 0 Å².